The van der Waals surface area contributed by atoms with Crippen molar-refractivity contribution in [2.24, 2.45) is 5.73 Å². The van der Waals surface area contributed by atoms with Crippen LogP contribution in [0.15, 0.2) is 24.4 Å². The molecule has 1 aromatic carbocycles. The van der Waals surface area contributed by atoms with Crippen LogP contribution in [0.3, 0.4) is 0 Å². The van der Waals surface area contributed by atoms with Gasteiger partial charge in [-0.05, 0) is 36.0 Å². The number of nitrogens with one attached hydrogen (secondary N) is 1. The third-order valence-corrected chi connectivity index (χ3v) is 4.58. The molecule has 1 unspecified atom stereocenters. The molecule has 2 aromatic rings. The summed E-state index contributed by atoms with van der Waals surface area (Å²) in [6, 6.07) is 5.62. The van der Waals surface area contributed by atoms with Crippen LogP contribution in [0.1, 0.15) is 34.8 Å². The van der Waals surface area contributed by atoms with Crippen molar-refractivity contribution in [1.82, 2.24) is 9.78 Å². The van der Waals surface area contributed by atoms with E-state index >= 15 is 0 Å². The lowest BCUT2D eigenvalue weighted by molar-refractivity contribution is 0.0550. The predicted molar refractivity (Wildman–Crippen MR) is 92.0 cm³/mol. The van der Waals surface area contributed by atoms with Crippen molar-refractivity contribution in [2.75, 3.05) is 18.5 Å². The van der Waals surface area contributed by atoms with E-state index in [0.29, 0.717) is 35.7 Å². The van der Waals surface area contributed by atoms with E-state index in [9.17, 15) is 9.82 Å². The summed E-state index contributed by atoms with van der Waals surface area (Å²) in [7, 11) is -0.927. The van der Waals surface area contributed by atoms with Gasteiger partial charge in [-0.3, -0.25) is 9.48 Å². The van der Waals surface area contributed by atoms with E-state index < -0.39 is 13.0 Å². The predicted octanol–water partition coefficient (Wildman–Crippen LogP) is 0.295. The molecule has 0 spiro atoms. The van der Waals surface area contributed by atoms with Gasteiger partial charge in [-0.2, -0.15) is 5.10 Å². The molecule has 0 bridgehead atoms. The standard InChI is InChI=1S/C16H19BN4O4/c18-15(22)13-7-21(12-2-1-5-24-9-12)20-16(13)19-11-4-3-10-8-25-17(23)14(10)6-11/h3-4,6-7,12,23H,1-2,5,8-9H2,(H2,18,22)(H,19,20). The Morgan fingerprint density at radius 2 is 2.36 bits per heavy atom. The molecule has 0 saturated carbocycles. The zero-order valence-corrected chi connectivity index (χ0v) is 13.6. The zero-order chi connectivity index (χ0) is 17.4. The summed E-state index contributed by atoms with van der Waals surface area (Å²) in [5.74, 6) is -0.151. The van der Waals surface area contributed by atoms with Crippen LogP contribution < -0.4 is 16.5 Å². The zero-order valence-electron chi connectivity index (χ0n) is 13.6. The molecular weight excluding hydrogens is 323 g/mol. The van der Waals surface area contributed by atoms with Gasteiger partial charge in [-0.15, -0.1) is 0 Å². The van der Waals surface area contributed by atoms with Crippen molar-refractivity contribution in [2.45, 2.75) is 25.5 Å². The average molecular weight is 342 g/mol. The van der Waals surface area contributed by atoms with Gasteiger partial charge in [-0.1, -0.05) is 6.07 Å². The number of anilines is 2. The average Bonchev–Trinajstić information content (AvgIpc) is 3.20. The van der Waals surface area contributed by atoms with Crippen molar-refractivity contribution in [1.29, 1.82) is 0 Å². The Kier molecular flexibility index (Phi) is 4.20. The topological polar surface area (TPSA) is 112 Å². The molecule has 2 aliphatic rings. The van der Waals surface area contributed by atoms with Gasteiger partial charge in [0.05, 0.1) is 19.3 Å². The number of nitrogens with zero attached hydrogens (tertiary/aromatic N) is 2. The fourth-order valence-corrected chi connectivity index (χ4v) is 3.21. The van der Waals surface area contributed by atoms with E-state index in [2.05, 4.69) is 10.4 Å². The summed E-state index contributed by atoms with van der Waals surface area (Å²) in [6.07, 6.45) is 3.57. The molecule has 1 saturated heterocycles. The molecule has 1 amide bonds. The molecule has 0 aliphatic carbocycles. The molecule has 130 valence electrons. The quantitative estimate of drug-likeness (QED) is 0.689. The minimum absolute atomic E-state index is 0.0950. The Bertz CT molecular complexity index is 803. The fourth-order valence-electron chi connectivity index (χ4n) is 3.21. The molecule has 1 atom stereocenters. The molecule has 0 radical (unpaired) electrons. The highest BCUT2D eigenvalue weighted by Crippen LogP contribution is 2.25. The molecule has 4 rings (SSSR count). The lowest BCUT2D eigenvalue weighted by atomic mass is 9.79. The van der Waals surface area contributed by atoms with Gasteiger partial charge in [0.1, 0.15) is 5.56 Å². The monoisotopic (exact) mass is 342 g/mol. The Labute approximate surface area is 145 Å². The van der Waals surface area contributed by atoms with Crippen LogP contribution in [0.5, 0.6) is 0 Å². The Morgan fingerprint density at radius 3 is 3.12 bits per heavy atom. The van der Waals surface area contributed by atoms with Crippen molar-refractivity contribution in [3.63, 3.8) is 0 Å². The number of nitrogens with two attached hydrogens (primary N) is 1. The number of aromatic nitrogens is 2. The largest absolute Gasteiger partial charge is 0.491 e. The highest BCUT2D eigenvalue weighted by molar-refractivity contribution is 6.61. The van der Waals surface area contributed by atoms with Crippen molar-refractivity contribution < 1.29 is 19.2 Å². The molecule has 1 fully saturated rings. The number of ether oxygens (including phenoxy) is 1. The van der Waals surface area contributed by atoms with E-state index in [-0.39, 0.29) is 6.04 Å². The summed E-state index contributed by atoms with van der Waals surface area (Å²) in [5, 5.41) is 17.4. The normalized spacial score (nSPS) is 19.7. The Balaban J connectivity index is 1.62. The first-order chi connectivity index (χ1) is 12.1. The van der Waals surface area contributed by atoms with Crippen LogP contribution in [0.2, 0.25) is 0 Å². The van der Waals surface area contributed by atoms with Gasteiger partial charge < -0.3 is 25.5 Å². The summed E-state index contributed by atoms with van der Waals surface area (Å²) in [6.45, 7) is 1.71. The fraction of sp³-hybridized carbons (Fsp3) is 0.375. The smallest absolute Gasteiger partial charge is 0.423 e. The Hall–Kier alpha value is -2.36. The van der Waals surface area contributed by atoms with Crippen LogP contribution in [0.4, 0.5) is 11.5 Å². The summed E-state index contributed by atoms with van der Waals surface area (Å²) < 4.78 is 12.4. The minimum atomic E-state index is -0.927. The van der Waals surface area contributed by atoms with Crippen molar-refractivity contribution in [3.8, 4) is 0 Å². The minimum Gasteiger partial charge on any atom is -0.423 e. The van der Waals surface area contributed by atoms with E-state index in [1.165, 1.54) is 0 Å². The SMILES string of the molecule is NC(=O)c1cn(C2CCCOC2)nc1Nc1ccc2c(c1)B(O)OC2. The van der Waals surface area contributed by atoms with Crippen LogP contribution in [-0.4, -0.2) is 41.0 Å². The molecular formula is C16H19BN4O4. The summed E-state index contributed by atoms with van der Waals surface area (Å²) in [5.41, 5.74) is 8.18. The molecule has 3 heterocycles. The second-order valence-electron chi connectivity index (χ2n) is 6.31. The van der Waals surface area contributed by atoms with E-state index in [1.54, 1.807) is 16.9 Å². The third kappa shape index (κ3) is 3.13. The van der Waals surface area contributed by atoms with Gasteiger partial charge >= 0.3 is 7.12 Å². The van der Waals surface area contributed by atoms with Crippen LogP contribution in [0.25, 0.3) is 0 Å². The molecule has 8 nitrogen and oxygen atoms in total. The number of primary amides is 1. The number of carbonyl (C=O) groups excluding carboxylic acids is 1. The maximum atomic E-state index is 11.8. The number of hydrogen-bond acceptors (Lipinski definition) is 6. The number of fused-ring (bicyclic) bond motifs is 1. The molecule has 25 heavy (non-hydrogen) atoms. The number of carbonyl (C=O) groups is 1. The maximum Gasteiger partial charge on any atom is 0.491 e. The van der Waals surface area contributed by atoms with Gasteiger partial charge in [0.2, 0.25) is 0 Å². The summed E-state index contributed by atoms with van der Waals surface area (Å²) in [4.78, 5) is 11.8. The highest BCUT2D eigenvalue weighted by atomic mass is 16.5. The molecule has 2 aliphatic heterocycles. The maximum absolute atomic E-state index is 11.8. The second-order valence-corrected chi connectivity index (χ2v) is 6.31. The van der Waals surface area contributed by atoms with Gasteiger partial charge in [0.15, 0.2) is 5.82 Å². The lowest BCUT2D eigenvalue weighted by Gasteiger charge is -2.22. The second kappa shape index (κ2) is 6.51. The van der Waals surface area contributed by atoms with Gasteiger partial charge in [-0.25, -0.2) is 0 Å². The van der Waals surface area contributed by atoms with Crippen LogP contribution >= 0.6 is 0 Å². The highest BCUT2D eigenvalue weighted by Gasteiger charge is 2.27. The number of benzene rings is 1. The molecule has 1 aromatic heterocycles. The van der Waals surface area contributed by atoms with Crippen molar-refractivity contribution >= 4 is 30.0 Å². The molecule has 9 heteroatoms. The van der Waals surface area contributed by atoms with Gasteiger partial charge in [0, 0.05) is 18.5 Å². The summed E-state index contributed by atoms with van der Waals surface area (Å²) >= 11 is 0. The number of rotatable bonds is 4. The van der Waals surface area contributed by atoms with E-state index in [4.69, 9.17) is 15.1 Å². The first-order valence-corrected chi connectivity index (χ1v) is 8.28. The number of amides is 1. The van der Waals surface area contributed by atoms with Crippen LogP contribution in [0, 0.1) is 0 Å². The Morgan fingerprint density at radius 1 is 1.48 bits per heavy atom. The first kappa shape index (κ1) is 16.1. The van der Waals surface area contributed by atoms with Crippen LogP contribution in [-0.2, 0) is 16.0 Å². The number of hydrogen-bond donors (Lipinski definition) is 3. The van der Waals surface area contributed by atoms with E-state index in [1.807, 2.05) is 12.1 Å². The molecule has 4 N–H and O–H groups in total. The lowest BCUT2D eigenvalue weighted by Crippen LogP contribution is -2.28. The van der Waals surface area contributed by atoms with Crippen molar-refractivity contribution in [3.05, 3.63) is 35.5 Å². The van der Waals surface area contributed by atoms with E-state index in [0.717, 1.165) is 25.0 Å². The van der Waals surface area contributed by atoms with Gasteiger partial charge in [0.25, 0.3) is 5.91 Å². The first-order valence-electron chi connectivity index (χ1n) is 8.28. The third-order valence-electron chi connectivity index (χ3n) is 4.58.